The summed E-state index contributed by atoms with van der Waals surface area (Å²) >= 11 is 0. The van der Waals surface area contributed by atoms with E-state index < -0.39 is 0 Å². The molecule has 25 heavy (non-hydrogen) atoms. The van der Waals surface area contributed by atoms with E-state index in [4.69, 9.17) is 14.2 Å². The fourth-order valence-electron chi connectivity index (χ4n) is 2.07. The van der Waals surface area contributed by atoms with E-state index in [1.54, 1.807) is 26.5 Å². The van der Waals surface area contributed by atoms with Crippen molar-refractivity contribution in [1.29, 1.82) is 0 Å². The molecule has 134 valence electrons. The first-order chi connectivity index (χ1) is 12.1. The van der Waals surface area contributed by atoms with Crippen molar-refractivity contribution >= 4 is 11.7 Å². The summed E-state index contributed by atoms with van der Waals surface area (Å²) in [4.78, 5) is 16.2. The number of methoxy groups -OCH3 is 2. The van der Waals surface area contributed by atoms with Gasteiger partial charge in [0.05, 0.1) is 19.4 Å². The van der Waals surface area contributed by atoms with Crippen molar-refractivity contribution in [2.24, 2.45) is 0 Å². The highest BCUT2D eigenvalue weighted by molar-refractivity contribution is 5.90. The van der Waals surface area contributed by atoms with Gasteiger partial charge in [0.25, 0.3) is 0 Å². The highest BCUT2D eigenvalue weighted by Gasteiger charge is 2.08. The number of carbonyl (C=O) groups is 1. The van der Waals surface area contributed by atoms with Crippen LogP contribution in [-0.2, 0) is 11.3 Å². The molecule has 0 bridgehead atoms. The minimum Gasteiger partial charge on any atom is -0.489 e. The van der Waals surface area contributed by atoms with Crippen LogP contribution in [0.2, 0.25) is 0 Å². The molecule has 2 amide bonds. The van der Waals surface area contributed by atoms with Crippen molar-refractivity contribution in [2.45, 2.75) is 13.5 Å². The number of anilines is 1. The summed E-state index contributed by atoms with van der Waals surface area (Å²) < 4.78 is 15.6. The Balaban J connectivity index is 1.92. The molecule has 7 heteroatoms. The second-order valence-electron chi connectivity index (χ2n) is 5.36. The lowest BCUT2D eigenvalue weighted by atomic mass is 10.2. The van der Waals surface area contributed by atoms with Gasteiger partial charge in [0.15, 0.2) is 0 Å². The van der Waals surface area contributed by atoms with Gasteiger partial charge in [-0.15, -0.1) is 0 Å². The second kappa shape index (κ2) is 9.48. The normalized spacial score (nSPS) is 10.2. The predicted octanol–water partition coefficient (Wildman–Crippen LogP) is 2.75. The monoisotopic (exact) mass is 345 g/mol. The van der Waals surface area contributed by atoms with Crippen LogP contribution in [0.3, 0.4) is 0 Å². The largest absolute Gasteiger partial charge is 0.489 e. The van der Waals surface area contributed by atoms with Crippen molar-refractivity contribution in [3.05, 3.63) is 47.7 Å². The van der Waals surface area contributed by atoms with Gasteiger partial charge in [-0.25, -0.2) is 9.78 Å². The predicted molar refractivity (Wildman–Crippen MR) is 95.2 cm³/mol. The van der Waals surface area contributed by atoms with Crippen LogP contribution in [-0.4, -0.2) is 38.4 Å². The lowest BCUT2D eigenvalue weighted by molar-refractivity contribution is 0.146. The Morgan fingerprint density at radius 1 is 1.16 bits per heavy atom. The molecule has 0 unspecified atom stereocenters. The Kier molecular flexibility index (Phi) is 7.03. The number of hydrogen-bond donors (Lipinski definition) is 2. The van der Waals surface area contributed by atoms with Crippen molar-refractivity contribution in [3.8, 4) is 11.6 Å². The lowest BCUT2D eigenvalue weighted by Gasteiger charge is -2.14. The van der Waals surface area contributed by atoms with Gasteiger partial charge in [-0.1, -0.05) is 12.1 Å². The molecule has 0 saturated heterocycles. The number of nitrogens with zero attached hydrogens (tertiary/aromatic N) is 1. The zero-order chi connectivity index (χ0) is 18.1. The van der Waals surface area contributed by atoms with E-state index in [0.717, 1.165) is 11.1 Å². The minimum absolute atomic E-state index is 0.323. The third kappa shape index (κ3) is 5.96. The first kappa shape index (κ1) is 18.5. The van der Waals surface area contributed by atoms with Gasteiger partial charge in [-0.2, -0.15) is 0 Å². The smallest absolute Gasteiger partial charge is 0.319 e. The number of aromatic nitrogens is 1. The molecule has 1 aromatic carbocycles. The number of nitrogens with one attached hydrogen (secondary N) is 2. The molecule has 7 nitrogen and oxygen atoms in total. The van der Waals surface area contributed by atoms with E-state index in [9.17, 15) is 4.79 Å². The van der Waals surface area contributed by atoms with Crippen LogP contribution in [0.1, 0.15) is 11.1 Å². The number of ether oxygens (including phenoxy) is 3. The Morgan fingerprint density at radius 2 is 2.00 bits per heavy atom. The minimum atomic E-state index is -0.323. The number of aryl methyl sites for hydroxylation is 1. The number of rotatable bonds is 8. The first-order valence-electron chi connectivity index (χ1n) is 7.88. The summed E-state index contributed by atoms with van der Waals surface area (Å²) in [6.45, 7) is 3.20. The molecule has 2 aromatic rings. The van der Waals surface area contributed by atoms with Gasteiger partial charge in [-0.3, -0.25) is 0 Å². The van der Waals surface area contributed by atoms with Crippen LogP contribution in [0.4, 0.5) is 10.5 Å². The standard InChI is InChI=1S/C18H23N3O4/c1-13-4-6-15(16(10-13)25-9-8-23-2)21-18(22)20-12-14-5-7-17(24-3)19-11-14/h4-7,10-11H,8-9,12H2,1-3H3,(H2,20,21,22). The highest BCUT2D eigenvalue weighted by Crippen LogP contribution is 2.25. The maximum Gasteiger partial charge on any atom is 0.319 e. The Bertz CT molecular complexity index is 689. The SMILES string of the molecule is COCCOc1cc(C)ccc1NC(=O)NCc1ccc(OC)nc1. The third-order valence-corrected chi connectivity index (χ3v) is 3.39. The molecule has 0 saturated carbocycles. The Morgan fingerprint density at radius 3 is 2.68 bits per heavy atom. The maximum atomic E-state index is 12.1. The fourth-order valence-corrected chi connectivity index (χ4v) is 2.07. The molecular formula is C18H23N3O4. The molecule has 0 atom stereocenters. The number of urea groups is 1. The van der Waals surface area contributed by atoms with E-state index in [-0.39, 0.29) is 6.03 Å². The summed E-state index contributed by atoms with van der Waals surface area (Å²) in [7, 11) is 3.17. The molecule has 0 radical (unpaired) electrons. The van der Waals surface area contributed by atoms with E-state index in [2.05, 4.69) is 15.6 Å². The van der Waals surface area contributed by atoms with Gasteiger partial charge >= 0.3 is 6.03 Å². The van der Waals surface area contributed by atoms with Crippen LogP contribution in [0.15, 0.2) is 36.5 Å². The average Bonchev–Trinajstić information content (AvgIpc) is 2.63. The molecule has 0 fully saturated rings. The number of hydrogen-bond acceptors (Lipinski definition) is 5. The highest BCUT2D eigenvalue weighted by atomic mass is 16.5. The lowest BCUT2D eigenvalue weighted by Crippen LogP contribution is -2.28. The number of pyridine rings is 1. The summed E-state index contributed by atoms with van der Waals surface area (Å²) in [5, 5.41) is 5.58. The van der Waals surface area contributed by atoms with Crippen molar-refractivity contribution in [3.63, 3.8) is 0 Å². The first-order valence-corrected chi connectivity index (χ1v) is 7.88. The van der Waals surface area contributed by atoms with Gasteiger partial charge in [0, 0.05) is 25.9 Å². The summed E-state index contributed by atoms with van der Waals surface area (Å²) in [6, 6.07) is 8.86. The van der Waals surface area contributed by atoms with Gasteiger partial charge < -0.3 is 24.8 Å². The molecule has 2 rings (SSSR count). The average molecular weight is 345 g/mol. The summed E-state index contributed by atoms with van der Waals surface area (Å²) in [6.07, 6.45) is 1.66. The van der Waals surface area contributed by atoms with Crippen molar-refractivity contribution in [1.82, 2.24) is 10.3 Å². The molecule has 2 N–H and O–H groups in total. The van der Waals surface area contributed by atoms with Crippen molar-refractivity contribution in [2.75, 3.05) is 32.8 Å². The molecule has 0 spiro atoms. The fraction of sp³-hybridized carbons (Fsp3) is 0.333. The van der Waals surface area contributed by atoms with Gasteiger partial charge in [0.2, 0.25) is 5.88 Å². The van der Waals surface area contributed by atoms with E-state index in [0.29, 0.717) is 37.1 Å². The van der Waals surface area contributed by atoms with E-state index >= 15 is 0 Å². The number of benzene rings is 1. The molecule has 1 heterocycles. The van der Waals surface area contributed by atoms with Crippen LogP contribution in [0.25, 0.3) is 0 Å². The number of amides is 2. The Labute approximate surface area is 147 Å². The zero-order valence-electron chi connectivity index (χ0n) is 14.7. The van der Waals surface area contributed by atoms with Crippen LogP contribution in [0.5, 0.6) is 11.6 Å². The van der Waals surface area contributed by atoms with Crippen LogP contribution in [0, 0.1) is 6.92 Å². The third-order valence-electron chi connectivity index (χ3n) is 3.39. The molecule has 0 aliphatic carbocycles. The Hall–Kier alpha value is -2.80. The molecule has 0 aliphatic rings. The van der Waals surface area contributed by atoms with E-state index in [1.807, 2.05) is 31.2 Å². The topological polar surface area (TPSA) is 81.7 Å². The second-order valence-corrected chi connectivity index (χ2v) is 5.36. The number of carbonyl (C=O) groups excluding carboxylic acids is 1. The molecular weight excluding hydrogens is 322 g/mol. The van der Waals surface area contributed by atoms with Gasteiger partial charge in [0.1, 0.15) is 12.4 Å². The van der Waals surface area contributed by atoms with Crippen LogP contribution < -0.4 is 20.1 Å². The molecule has 0 aliphatic heterocycles. The van der Waals surface area contributed by atoms with Crippen LogP contribution >= 0.6 is 0 Å². The molecule has 1 aromatic heterocycles. The van der Waals surface area contributed by atoms with Crippen molar-refractivity contribution < 1.29 is 19.0 Å². The zero-order valence-corrected chi connectivity index (χ0v) is 14.7. The maximum absolute atomic E-state index is 12.1. The quantitative estimate of drug-likeness (QED) is 0.719. The summed E-state index contributed by atoms with van der Waals surface area (Å²) in [5.74, 6) is 1.14. The summed E-state index contributed by atoms with van der Waals surface area (Å²) in [5.41, 5.74) is 2.52. The van der Waals surface area contributed by atoms with Gasteiger partial charge in [-0.05, 0) is 30.2 Å². The van der Waals surface area contributed by atoms with E-state index in [1.165, 1.54) is 0 Å².